The van der Waals surface area contributed by atoms with E-state index in [9.17, 15) is 9.90 Å². The van der Waals surface area contributed by atoms with E-state index in [1.54, 1.807) is 0 Å². The zero-order chi connectivity index (χ0) is 21.3. The van der Waals surface area contributed by atoms with E-state index in [1.165, 1.54) is 12.0 Å². The standard InChI is InChI=1S/C27H34O3/c1-18(9-7-8-12-19-10-5-4-6-11-19)20-15-24(29)26-22-17-21(28)13-14-23(22)27(2,3)30-25(26)16-20/h4-6,10-11,15-16,18,22-23,29H,7-9,12-14,17H2,1-3H3. The number of carbonyl (C=O) groups is 1. The van der Waals surface area contributed by atoms with E-state index >= 15 is 0 Å². The Labute approximate surface area is 180 Å². The van der Waals surface area contributed by atoms with Gasteiger partial charge in [0.1, 0.15) is 22.9 Å². The number of phenolic OH excluding ortho intramolecular Hbond substituents is 1. The number of aryl methyl sites for hydroxylation is 1. The second kappa shape index (κ2) is 8.45. The third-order valence-electron chi connectivity index (χ3n) is 7.21. The van der Waals surface area contributed by atoms with Gasteiger partial charge in [0, 0.05) is 30.2 Å². The molecule has 2 aromatic rings. The lowest BCUT2D eigenvalue weighted by Crippen LogP contribution is -2.47. The number of phenols is 1. The van der Waals surface area contributed by atoms with Crippen LogP contribution in [0.4, 0.5) is 0 Å². The first-order valence-corrected chi connectivity index (χ1v) is 11.5. The van der Waals surface area contributed by atoms with E-state index in [2.05, 4.69) is 57.2 Å². The quantitative estimate of drug-likeness (QED) is 0.555. The molecule has 0 amide bonds. The Bertz CT molecular complexity index is 900. The predicted octanol–water partition coefficient (Wildman–Crippen LogP) is 6.53. The van der Waals surface area contributed by atoms with E-state index in [0.717, 1.165) is 42.6 Å². The minimum atomic E-state index is -0.317. The number of carbonyl (C=O) groups excluding carboxylic acids is 1. The normalized spacial score (nSPS) is 23.2. The van der Waals surface area contributed by atoms with Crippen molar-refractivity contribution in [3.05, 3.63) is 59.2 Å². The molecule has 3 unspecified atom stereocenters. The minimum Gasteiger partial charge on any atom is -0.508 e. The molecular weight excluding hydrogens is 372 g/mol. The summed E-state index contributed by atoms with van der Waals surface area (Å²) in [6, 6.07) is 14.7. The lowest BCUT2D eigenvalue weighted by Gasteiger charge is -2.47. The minimum absolute atomic E-state index is 0.0697. The number of unbranched alkanes of at least 4 members (excludes halogenated alkanes) is 1. The maximum Gasteiger partial charge on any atom is 0.133 e. The summed E-state index contributed by atoms with van der Waals surface area (Å²) in [5.41, 5.74) is 3.06. The van der Waals surface area contributed by atoms with E-state index in [1.807, 2.05) is 6.07 Å². The number of fused-ring (bicyclic) bond motifs is 3. The van der Waals surface area contributed by atoms with Crippen molar-refractivity contribution in [2.45, 2.75) is 83.2 Å². The van der Waals surface area contributed by atoms with Crippen molar-refractivity contribution in [1.29, 1.82) is 0 Å². The van der Waals surface area contributed by atoms with Gasteiger partial charge in [-0.1, -0.05) is 43.7 Å². The molecule has 2 aromatic carbocycles. The fourth-order valence-electron chi connectivity index (χ4n) is 5.47. The molecule has 2 aliphatic rings. The van der Waals surface area contributed by atoms with E-state index in [0.29, 0.717) is 30.3 Å². The summed E-state index contributed by atoms with van der Waals surface area (Å²) in [5, 5.41) is 10.9. The molecule has 3 heteroatoms. The third kappa shape index (κ3) is 4.26. The Hall–Kier alpha value is -2.29. The van der Waals surface area contributed by atoms with Crippen LogP contribution in [-0.4, -0.2) is 16.5 Å². The SMILES string of the molecule is CC(CCCCc1ccccc1)c1cc(O)c2c(c1)OC(C)(C)C1CCC(=O)CC21. The van der Waals surface area contributed by atoms with Crippen LogP contribution >= 0.6 is 0 Å². The van der Waals surface area contributed by atoms with Gasteiger partial charge in [0.05, 0.1) is 0 Å². The molecule has 0 bridgehead atoms. The van der Waals surface area contributed by atoms with Crippen LogP contribution in [0.1, 0.15) is 87.8 Å². The number of rotatable bonds is 6. The van der Waals surface area contributed by atoms with Crippen molar-refractivity contribution in [3.63, 3.8) is 0 Å². The summed E-state index contributed by atoms with van der Waals surface area (Å²) in [4.78, 5) is 12.2. The maximum absolute atomic E-state index is 12.2. The highest BCUT2D eigenvalue weighted by molar-refractivity contribution is 5.81. The fourth-order valence-corrected chi connectivity index (χ4v) is 5.47. The highest BCUT2D eigenvalue weighted by Gasteiger charge is 2.47. The fraction of sp³-hybridized carbons (Fsp3) is 0.519. The van der Waals surface area contributed by atoms with Crippen LogP contribution in [0.2, 0.25) is 0 Å². The molecule has 160 valence electrons. The van der Waals surface area contributed by atoms with E-state index in [-0.39, 0.29) is 17.4 Å². The molecule has 0 saturated heterocycles. The summed E-state index contributed by atoms with van der Waals surface area (Å²) >= 11 is 0. The van der Waals surface area contributed by atoms with Crippen LogP contribution in [0.5, 0.6) is 11.5 Å². The van der Waals surface area contributed by atoms with Gasteiger partial charge in [0.2, 0.25) is 0 Å². The smallest absolute Gasteiger partial charge is 0.133 e. The first kappa shape index (κ1) is 21.0. The number of benzene rings is 2. The van der Waals surface area contributed by atoms with Crippen molar-refractivity contribution in [1.82, 2.24) is 0 Å². The lowest BCUT2D eigenvalue weighted by molar-refractivity contribution is -0.124. The first-order chi connectivity index (χ1) is 14.3. The van der Waals surface area contributed by atoms with Crippen LogP contribution in [-0.2, 0) is 11.2 Å². The summed E-state index contributed by atoms with van der Waals surface area (Å²) in [5.74, 6) is 2.08. The largest absolute Gasteiger partial charge is 0.508 e. The van der Waals surface area contributed by atoms with Gasteiger partial charge < -0.3 is 9.84 Å². The average Bonchev–Trinajstić information content (AvgIpc) is 2.70. The van der Waals surface area contributed by atoms with E-state index in [4.69, 9.17) is 4.74 Å². The zero-order valence-electron chi connectivity index (χ0n) is 18.5. The Morgan fingerprint density at radius 3 is 2.70 bits per heavy atom. The van der Waals surface area contributed by atoms with Gasteiger partial charge in [-0.3, -0.25) is 4.79 Å². The number of ketones is 1. The topological polar surface area (TPSA) is 46.5 Å². The Morgan fingerprint density at radius 2 is 1.93 bits per heavy atom. The molecule has 1 aliphatic carbocycles. The van der Waals surface area contributed by atoms with Crippen molar-refractivity contribution < 1.29 is 14.6 Å². The lowest BCUT2D eigenvalue weighted by atomic mass is 9.66. The monoisotopic (exact) mass is 406 g/mol. The third-order valence-corrected chi connectivity index (χ3v) is 7.21. The van der Waals surface area contributed by atoms with Gasteiger partial charge in [0.15, 0.2) is 0 Å². The maximum atomic E-state index is 12.2. The van der Waals surface area contributed by atoms with Gasteiger partial charge in [-0.05, 0) is 68.7 Å². The van der Waals surface area contributed by atoms with Gasteiger partial charge >= 0.3 is 0 Å². The molecule has 3 nitrogen and oxygen atoms in total. The van der Waals surface area contributed by atoms with Gasteiger partial charge in [-0.2, -0.15) is 0 Å². The van der Waals surface area contributed by atoms with Crippen LogP contribution in [0.3, 0.4) is 0 Å². The highest BCUT2D eigenvalue weighted by Crippen LogP contribution is 2.54. The second-order valence-corrected chi connectivity index (χ2v) is 9.78. The van der Waals surface area contributed by atoms with Crippen molar-refractivity contribution in [2.24, 2.45) is 5.92 Å². The molecule has 0 spiro atoms. The predicted molar refractivity (Wildman–Crippen MR) is 120 cm³/mol. The number of Topliss-reactive ketones (excluding diaryl/α,β-unsaturated/α-hetero) is 1. The van der Waals surface area contributed by atoms with E-state index < -0.39 is 0 Å². The molecular formula is C27H34O3. The second-order valence-electron chi connectivity index (χ2n) is 9.78. The van der Waals surface area contributed by atoms with Crippen molar-refractivity contribution in [3.8, 4) is 11.5 Å². The zero-order valence-corrected chi connectivity index (χ0v) is 18.5. The molecule has 0 aromatic heterocycles. The Kier molecular flexibility index (Phi) is 5.90. The van der Waals surface area contributed by atoms with Gasteiger partial charge in [0.25, 0.3) is 0 Å². The summed E-state index contributed by atoms with van der Waals surface area (Å²) in [6.45, 7) is 6.48. The molecule has 1 heterocycles. The van der Waals surface area contributed by atoms with Crippen molar-refractivity contribution in [2.75, 3.05) is 0 Å². The summed E-state index contributed by atoms with van der Waals surface area (Å²) in [7, 11) is 0. The summed E-state index contributed by atoms with van der Waals surface area (Å²) in [6.07, 6.45) is 6.50. The van der Waals surface area contributed by atoms with Crippen LogP contribution in [0.25, 0.3) is 0 Å². The molecule has 30 heavy (non-hydrogen) atoms. The number of hydrogen-bond donors (Lipinski definition) is 1. The molecule has 1 saturated carbocycles. The average molecular weight is 407 g/mol. The van der Waals surface area contributed by atoms with Crippen LogP contribution in [0, 0.1) is 5.92 Å². The summed E-state index contributed by atoms with van der Waals surface area (Å²) < 4.78 is 6.41. The first-order valence-electron chi connectivity index (χ1n) is 11.5. The molecule has 1 aliphatic heterocycles. The van der Waals surface area contributed by atoms with Crippen LogP contribution < -0.4 is 4.74 Å². The molecule has 1 N–H and O–H groups in total. The molecule has 3 atom stereocenters. The highest BCUT2D eigenvalue weighted by atomic mass is 16.5. The number of hydrogen-bond acceptors (Lipinski definition) is 3. The Morgan fingerprint density at radius 1 is 1.17 bits per heavy atom. The van der Waals surface area contributed by atoms with Gasteiger partial charge in [-0.15, -0.1) is 0 Å². The molecule has 4 rings (SSSR count). The Balaban J connectivity index is 1.47. The molecule has 0 radical (unpaired) electrons. The number of aromatic hydroxyl groups is 1. The van der Waals surface area contributed by atoms with Gasteiger partial charge in [-0.25, -0.2) is 0 Å². The number of ether oxygens (including phenoxy) is 1. The van der Waals surface area contributed by atoms with Crippen LogP contribution in [0.15, 0.2) is 42.5 Å². The van der Waals surface area contributed by atoms with Crippen molar-refractivity contribution >= 4 is 5.78 Å². The molecule has 1 fully saturated rings.